The van der Waals surface area contributed by atoms with Gasteiger partial charge in [-0.15, -0.1) is 10.1 Å². The second kappa shape index (κ2) is 5.47. The first-order valence-corrected chi connectivity index (χ1v) is 3.00. The van der Waals surface area contributed by atoms with E-state index in [1.54, 1.807) is 6.07 Å². The van der Waals surface area contributed by atoms with Crippen LogP contribution in [0.2, 0.25) is 0 Å². The molecule has 70 valence electrons. The van der Waals surface area contributed by atoms with Gasteiger partial charge in [0.1, 0.15) is 0 Å². The normalized spacial score (nSPS) is 8.00. The standard InChI is InChI=1S/C6H5NO2.HNO3/c8-6(9)5-2-1-3-7-4-5;2-1(3)4/h1-4H,(H,8,9);(H,2,3,4). The molecule has 0 aliphatic carbocycles. The van der Waals surface area contributed by atoms with Crippen molar-refractivity contribution < 1.29 is 20.2 Å². The minimum Gasteiger partial charge on any atom is -0.478 e. The number of carbonyl (C=O) groups is 1. The zero-order valence-corrected chi connectivity index (χ0v) is 6.32. The molecule has 7 heteroatoms. The molecule has 0 amide bonds. The molecule has 0 fully saturated rings. The summed E-state index contributed by atoms with van der Waals surface area (Å²) >= 11 is 0. The van der Waals surface area contributed by atoms with Gasteiger partial charge in [-0.05, 0) is 12.1 Å². The predicted octanol–water partition coefficient (Wildman–Crippen LogP) is 0.432. The fourth-order valence-corrected chi connectivity index (χ4v) is 0.489. The third-order valence-electron chi connectivity index (χ3n) is 0.908. The maximum atomic E-state index is 10.2. The molecule has 0 radical (unpaired) electrons. The van der Waals surface area contributed by atoms with Crippen LogP contribution in [0, 0.1) is 10.1 Å². The van der Waals surface area contributed by atoms with E-state index in [1.807, 2.05) is 0 Å². The Morgan fingerprint density at radius 3 is 2.38 bits per heavy atom. The maximum Gasteiger partial charge on any atom is 0.337 e. The lowest BCUT2D eigenvalue weighted by Gasteiger charge is -1.87. The highest BCUT2D eigenvalue weighted by Crippen LogP contribution is 1.92. The molecule has 0 saturated heterocycles. The molecule has 0 bridgehead atoms. The van der Waals surface area contributed by atoms with E-state index < -0.39 is 11.1 Å². The van der Waals surface area contributed by atoms with E-state index in [0.717, 1.165) is 0 Å². The van der Waals surface area contributed by atoms with E-state index in [9.17, 15) is 4.79 Å². The number of hydrogen-bond donors (Lipinski definition) is 2. The third kappa shape index (κ3) is 6.23. The van der Waals surface area contributed by atoms with Crippen LogP contribution in [-0.2, 0) is 0 Å². The summed E-state index contributed by atoms with van der Waals surface area (Å²) in [6.45, 7) is 0. The smallest absolute Gasteiger partial charge is 0.337 e. The van der Waals surface area contributed by atoms with Crippen LogP contribution in [0.1, 0.15) is 10.4 Å². The molecule has 0 spiro atoms. The Bertz CT molecular complexity index is 282. The fourth-order valence-electron chi connectivity index (χ4n) is 0.489. The van der Waals surface area contributed by atoms with Gasteiger partial charge in [0.25, 0.3) is 5.09 Å². The van der Waals surface area contributed by atoms with Crippen LogP contribution in [0.3, 0.4) is 0 Å². The van der Waals surface area contributed by atoms with Gasteiger partial charge in [-0.2, -0.15) is 0 Å². The highest BCUT2D eigenvalue weighted by Gasteiger charge is 1.97. The van der Waals surface area contributed by atoms with Gasteiger partial charge < -0.3 is 10.3 Å². The number of nitrogens with zero attached hydrogens (tertiary/aromatic N) is 2. The molecule has 0 aliphatic heterocycles. The fraction of sp³-hybridized carbons (Fsp3) is 0. The Hall–Kier alpha value is -2.18. The van der Waals surface area contributed by atoms with Crippen molar-refractivity contribution in [3.8, 4) is 0 Å². The monoisotopic (exact) mass is 186 g/mol. The van der Waals surface area contributed by atoms with Gasteiger partial charge in [-0.1, -0.05) is 0 Å². The summed E-state index contributed by atoms with van der Waals surface area (Å²) in [4.78, 5) is 22.1. The van der Waals surface area contributed by atoms with Crippen LogP contribution in [0.15, 0.2) is 24.5 Å². The van der Waals surface area contributed by atoms with Crippen molar-refractivity contribution in [2.45, 2.75) is 0 Å². The van der Waals surface area contributed by atoms with Crippen molar-refractivity contribution in [1.29, 1.82) is 0 Å². The minimum absolute atomic E-state index is 0.220. The zero-order valence-electron chi connectivity index (χ0n) is 6.32. The summed E-state index contributed by atoms with van der Waals surface area (Å²) in [5.41, 5.74) is 0.220. The second-order valence-corrected chi connectivity index (χ2v) is 1.78. The molecular weight excluding hydrogens is 180 g/mol. The maximum absolute atomic E-state index is 10.2. The van der Waals surface area contributed by atoms with Gasteiger partial charge in [-0.25, -0.2) is 4.79 Å². The minimum atomic E-state index is -1.50. The molecule has 0 saturated carbocycles. The summed E-state index contributed by atoms with van der Waals surface area (Å²) < 4.78 is 0. The topological polar surface area (TPSA) is 114 Å². The summed E-state index contributed by atoms with van der Waals surface area (Å²) in [5, 5.41) is 22.0. The number of aromatic carboxylic acids is 1. The van der Waals surface area contributed by atoms with Crippen LogP contribution < -0.4 is 0 Å². The SMILES string of the molecule is O=C(O)c1cccnc1.O=[N+]([O-])O. The van der Waals surface area contributed by atoms with Gasteiger partial charge in [-0.3, -0.25) is 4.98 Å². The third-order valence-corrected chi connectivity index (χ3v) is 0.908. The molecule has 0 aliphatic rings. The molecule has 0 unspecified atom stereocenters. The highest BCUT2D eigenvalue weighted by atomic mass is 16.9. The van der Waals surface area contributed by atoms with Crippen LogP contribution in [0.4, 0.5) is 0 Å². The van der Waals surface area contributed by atoms with Crippen molar-refractivity contribution in [2.75, 3.05) is 0 Å². The Morgan fingerprint density at radius 1 is 1.62 bits per heavy atom. The first-order chi connectivity index (χ1) is 6.04. The molecule has 0 atom stereocenters. The van der Waals surface area contributed by atoms with Gasteiger partial charge in [0.05, 0.1) is 5.56 Å². The molecule has 1 rings (SSSR count). The van der Waals surface area contributed by atoms with Gasteiger partial charge in [0, 0.05) is 12.4 Å². The molecular formula is C6H6N2O5. The van der Waals surface area contributed by atoms with Crippen molar-refractivity contribution in [3.05, 3.63) is 40.2 Å². The average molecular weight is 186 g/mol. The molecule has 7 nitrogen and oxygen atoms in total. The highest BCUT2D eigenvalue weighted by molar-refractivity contribution is 5.86. The van der Waals surface area contributed by atoms with Crippen molar-refractivity contribution in [1.82, 2.24) is 4.98 Å². The second-order valence-electron chi connectivity index (χ2n) is 1.78. The number of carboxylic acids is 1. The van der Waals surface area contributed by atoms with Gasteiger partial charge in [0.2, 0.25) is 0 Å². The zero-order chi connectivity index (χ0) is 10.3. The first-order valence-electron chi connectivity index (χ1n) is 3.00. The Morgan fingerprint density at radius 2 is 2.15 bits per heavy atom. The number of pyridine rings is 1. The molecule has 13 heavy (non-hydrogen) atoms. The summed E-state index contributed by atoms with van der Waals surface area (Å²) in [7, 11) is 0. The Kier molecular flexibility index (Phi) is 4.55. The quantitative estimate of drug-likeness (QED) is 0.485. The number of aromatic nitrogens is 1. The Balaban J connectivity index is 0.000000310. The van der Waals surface area contributed by atoms with E-state index in [0.29, 0.717) is 0 Å². The summed E-state index contributed by atoms with van der Waals surface area (Å²) in [5.74, 6) is -0.942. The lowest BCUT2D eigenvalue weighted by Crippen LogP contribution is -1.94. The van der Waals surface area contributed by atoms with Crippen molar-refractivity contribution in [2.24, 2.45) is 0 Å². The summed E-state index contributed by atoms with van der Waals surface area (Å²) in [6.07, 6.45) is 2.84. The average Bonchev–Trinajstić information content (AvgIpc) is 2.05. The molecule has 1 aromatic heterocycles. The number of rotatable bonds is 1. The van der Waals surface area contributed by atoms with Crippen molar-refractivity contribution in [3.63, 3.8) is 0 Å². The molecule has 2 N–H and O–H groups in total. The van der Waals surface area contributed by atoms with Crippen molar-refractivity contribution >= 4 is 5.97 Å². The predicted molar refractivity (Wildman–Crippen MR) is 40.0 cm³/mol. The van der Waals surface area contributed by atoms with E-state index in [4.69, 9.17) is 20.4 Å². The van der Waals surface area contributed by atoms with E-state index >= 15 is 0 Å². The van der Waals surface area contributed by atoms with E-state index in [2.05, 4.69) is 4.98 Å². The van der Waals surface area contributed by atoms with Crippen LogP contribution >= 0.6 is 0 Å². The molecule has 1 aromatic rings. The van der Waals surface area contributed by atoms with Gasteiger partial charge >= 0.3 is 5.97 Å². The van der Waals surface area contributed by atoms with Crippen LogP contribution in [0.5, 0.6) is 0 Å². The summed E-state index contributed by atoms with van der Waals surface area (Å²) in [6, 6.07) is 3.08. The molecule has 1 heterocycles. The van der Waals surface area contributed by atoms with Gasteiger partial charge in [0.15, 0.2) is 0 Å². The lowest BCUT2D eigenvalue weighted by atomic mass is 10.3. The van der Waals surface area contributed by atoms with Crippen LogP contribution in [0.25, 0.3) is 0 Å². The largest absolute Gasteiger partial charge is 0.478 e. The van der Waals surface area contributed by atoms with E-state index in [-0.39, 0.29) is 5.56 Å². The number of carboxylic acid groups (broad SMARTS) is 1. The Labute approximate surface area is 72.4 Å². The first kappa shape index (κ1) is 10.8. The number of hydrogen-bond acceptors (Lipinski definition) is 4. The molecule has 0 aromatic carbocycles. The van der Waals surface area contributed by atoms with Crippen LogP contribution in [-0.4, -0.2) is 26.4 Å². The van der Waals surface area contributed by atoms with E-state index in [1.165, 1.54) is 18.5 Å². The lowest BCUT2D eigenvalue weighted by molar-refractivity contribution is -0.742.